The van der Waals surface area contributed by atoms with Crippen LogP contribution < -0.4 is 16.8 Å². The van der Waals surface area contributed by atoms with Crippen molar-refractivity contribution in [3.8, 4) is 0 Å². The minimum Gasteiger partial charge on any atom is -0.481 e. The second-order valence-corrected chi connectivity index (χ2v) is 9.50. The van der Waals surface area contributed by atoms with Gasteiger partial charge in [-0.25, -0.2) is 4.79 Å². The fourth-order valence-electron chi connectivity index (χ4n) is 2.90. The van der Waals surface area contributed by atoms with E-state index in [1.165, 1.54) is 6.92 Å². The molecule has 0 aliphatic carbocycles. The number of carbonyl (C=O) groups is 5. The Bertz CT molecular complexity index is 710. The Kier molecular flexibility index (Phi) is 22.0. The zero-order chi connectivity index (χ0) is 28.1. The summed E-state index contributed by atoms with van der Waals surface area (Å²) in [6.07, 6.45) is 3.93. The van der Waals surface area contributed by atoms with Crippen LogP contribution in [0.15, 0.2) is 12.7 Å². The van der Waals surface area contributed by atoms with Crippen molar-refractivity contribution < 1.29 is 38.6 Å². The summed E-state index contributed by atoms with van der Waals surface area (Å²) in [5.74, 6) is 0.0915. The zero-order valence-electron chi connectivity index (χ0n) is 21.3. The molecule has 0 saturated carbocycles. The van der Waals surface area contributed by atoms with Gasteiger partial charge in [-0.3, -0.25) is 14.4 Å². The van der Waals surface area contributed by atoms with Crippen LogP contribution in [0.25, 0.3) is 0 Å². The number of Topliss-reactive ketones (excluding diaryl/α,β-unsaturated/α-hetero) is 1. The van der Waals surface area contributed by atoms with E-state index >= 15 is 0 Å². The van der Waals surface area contributed by atoms with Crippen molar-refractivity contribution in [1.29, 1.82) is 0 Å². The van der Waals surface area contributed by atoms with Gasteiger partial charge in [0.1, 0.15) is 12.4 Å². The first kappa shape index (κ1) is 35.9. The molecule has 36 heavy (non-hydrogen) atoms. The average molecular weight is 553 g/mol. The first-order valence-electron chi connectivity index (χ1n) is 11.3. The van der Waals surface area contributed by atoms with Crippen molar-refractivity contribution in [2.75, 3.05) is 39.2 Å². The van der Waals surface area contributed by atoms with E-state index in [-0.39, 0.29) is 41.5 Å². The molecular weight excluding hydrogens is 511 g/mol. The number of thioether (sulfide) groups is 1. The Morgan fingerprint density at radius 2 is 1.89 bits per heavy atom. The molecule has 2 aliphatic rings. The van der Waals surface area contributed by atoms with E-state index in [9.17, 15) is 24.0 Å². The zero-order valence-corrected chi connectivity index (χ0v) is 23.2. The molecule has 4 atom stereocenters. The number of ketones is 1. The predicted octanol–water partition coefficient (Wildman–Crippen LogP) is 1.37. The molecule has 0 spiro atoms. The topological polar surface area (TPSA) is 191 Å². The number of carboxylic acids is 1. The van der Waals surface area contributed by atoms with Crippen LogP contribution in [0.3, 0.4) is 0 Å². The molecule has 0 aromatic carbocycles. The average Bonchev–Trinajstić information content (AvgIpc) is 3.30. The number of carboxylic acid groups (broad SMARTS) is 1. The molecule has 0 aromatic heterocycles. The van der Waals surface area contributed by atoms with E-state index in [2.05, 4.69) is 22.4 Å². The maximum absolute atomic E-state index is 11.4. The van der Waals surface area contributed by atoms with Crippen LogP contribution in [0.2, 0.25) is 0 Å². The molecule has 2 heterocycles. The van der Waals surface area contributed by atoms with Gasteiger partial charge in [0.25, 0.3) is 0 Å². The van der Waals surface area contributed by atoms with Gasteiger partial charge in [-0.15, -0.1) is 6.58 Å². The maximum atomic E-state index is 11.4. The minimum absolute atomic E-state index is 0.0365. The lowest BCUT2D eigenvalue weighted by Gasteiger charge is -2.16. The molecule has 4 unspecified atom stereocenters. The number of ether oxygens (including phenoxy) is 2. The molecule has 2 fully saturated rings. The summed E-state index contributed by atoms with van der Waals surface area (Å²) < 4.78 is 9.53. The Morgan fingerprint density at radius 1 is 1.28 bits per heavy atom. The number of likely N-dealkylation sites (N-methyl/N-ethyl adjacent to an activating group) is 1. The third-order valence-electron chi connectivity index (χ3n) is 4.55. The van der Waals surface area contributed by atoms with Crippen LogP contribution in [-0.4, -0.2) is 95.9 Å². The van der Waals surface area contributed by atoms with Crippen LogP contribution in [0.5, 0.6) is 0 Å². The first-order valence-corrected chi connectivity index (χ1v) is 12.9. The van der Waals surface area contributed by atoms with Crippen LogP contribution >= 0.6 is 21.0 Å². The van der Waals surface area contributed by atoms with Crippen LogP contribution in [0.4, 0.5) is 9.59 Å². The number of fused-ring (bicyclic) bond motifs is 1. The minimum atomic E-state index is -0.767. The highest BCUT2D eigenvalue weighted by molar-refractivity contribution is 8.00. The fourth-order valence-corrected chi connectivity index (χ4v) is 4.52. The molecule has 2 aliphatic heterocycles. The van der Waals surface area contributed by atoms with Crippen molar-refractivity contribution >= 4 is 50.4 Å². The number of hydrogen-bond acceptors (Lipinski definition) is 9. The highest BCUT2D eigenvalue weighted by Gasteiger charge is 2.46. The van der Waals surface area contributed by atoms with Gasteiger partial charge in [-0.1, -0.05) is 6.08 Å². The summed E-state index contributed by atoms with van der Waals surface area (Å²) in [7, 11) is 3.59. The molecule has 208 valence electrons. The lowest BCUT2D eigenvalue weighted by molar-refractivity contribution is -0.142. The number of nitrogens with two attached hydrogens (primary N) is 2. The predicted molar refractivity (Wildman–Crippen MR) is 143 cm³/mol. The highest BCUT2D eigenvalue weighted by Crippen LogP contribution is 2.35. The molecule has 3 amide bonds. The number of carbonyl (C=O) groups excluding carboxylic acids is 4. The number of esters is 1. The SMILES string of the molecule is C=CCOCCOC(C)=O.CC(=O)CCCN.CN1C(=O)NC2C(CCC(=O)O)SCC21.NC(=O)P. The number of nitrogens with one attached hydrogen (secondary N) is 1. The van der Waals surface area contributed by atoms with Gasteiger partial charge in [-0.05, 0) is 35.5 Å². The number of rotatable bonds is 11. The summed E-state index contributed by atoms with van der Waals surface area (Å²) in [5, 5.41) is 11.8. The van der Waals surface area contributed by atoms with Gasteiger partial charge >= 0.3 is 18.0 Å². The van der Waals surface area contributed by atoms with Crippen LogP contribution in [0, 0.1) is 0 Å². The summed E-state index contributed by atoms with van der Waals surface area (Å²) in [4.78, 5) is 53.1. The fraction of sp³-hybridized carbons (Fsp3) is 0.682. The van der Waals surface area contributed by atoms with Gasteiger partial charge < -0.3 is 41.1 Å². The van der Waals surface area contributed by atoms with Gasteiger partial charge in [0.15, 0.2) is 0 Å². The second-order valence-electron chi connectivity index (χ2n) is 7.66. The monoisotopic (exact) mass is 552 g/mol. The van der Waals surface area contributed by atoms with E-state index in [1.54, 1.807) is 45.9 Å². The van der Waals surface area contributed by atoms with E-state index in [0.29, 0.717) is 39.2 Å². The van der Waals surface area contributed by atoms with Gasteiger partial charge in [0.05, 0.1) is 25.3 Å². The summed E-state index contributed by atoms with van der Waals surface area (Å²) in [6, 6.07) is 0.332. The number of primary amides is 1. The highest BCUT2D eigenvalue weighted by atomic mass is 32.2. The van der Waals surface area contributed by atoms with E-state index in [0.717, 1.165) is 12.2 Å². The lowest BCUT2D eigenvalue weighted by atomic mass is 10.0. The Morgan fingerprint density at radius 3 is 2.33 bits per heavy atom. The molecule has 12 nitrogen and oxygen atoms in total. The van der Waals surface area contributed by atoms with E-state index in [1.807, 2.05) is 0 Å². The molecule has 6 N–H and O–H groups in total. The third kappa shape index (κ3) is 20.0. The van der Waals surface area contributed by atoms with E-state index < -0.39 is 11.6 Å². The normalized spacial score (nSPS) is 19.1. The molecule has 0 radical (unpaired) electrons. The van der Waals surface area contributed by atoms with Crippen LogP contribution in [-0.2, 0) is 23.9 Å². The Balaban J connectivity index is 0. The van der Waals surface area contributed by atoms with Crippen molar-refractivity contribution in [2.45, 2.75) is 56.9 Å². The number of amides is 3. The Labute approximate surface area is 219 Å². The summed E-state index contributed by atoms with van der Waals surface area (Å²) in [5.41, 5.74) is 9.14. The maximum Gasteiger partial charge on any atom is 0.317 e. The lowest BCUT2D eigenvalue weighted by Crippen LogP contribution is -2.37. The standard InChI is InChI=1S/C9H14N2O3S.C7H12O3.C5H11NO.CH4NOP/c1-11-5-4-15-6(2-3-7(12)13)8(5)10-9(11)14;1-3-4-9-5-6-10-7(2)8;1-5(7)3-2-4-6;2-1(3)4/h5-6,8H,2-4H2,1H3,(H,10,14)(H,12,13);3H,1,4-6H2,2H3;2-4,6H2,1H3;4H2,(H2,2,3). The quantitative estimate of drug-likeness (QED) is 0.0956. The summed E-state index contributed by atoms with van der Waals surface area (Å²) >= 11 is 1.76. The van der Waals surface area contributed by atoms with Crippen molar-refractivity contribution in [3.05, 3.63) is 12.7 Å². The molecule has 2 saturated heterocycles. The summed E-state index contributed by atoms with van der Waals surface area (Å²) in [6.45, 7) is 8.29. The van der Waals surface area contributed by atoms with Gasteiger partial charge in [0, 0.05) is 37.8 Å². The molecule has 0 bridgehead atoms. The smallest absolute Gasteiger partial charge is 0.317 e. The molecule has 2 rings (SSSR count). The van der Waals surface area contributed by atoms with Gasteiger partial charge in [-0.2, -0.15) is 11.8 Å². The van der Waals surface area contributed by atoms with Crippen molar-refractivity contribution in [2.24, 2.45) is 11.5 Å². The largest absolute Gasteiger partial charge is 0.481 e. The first-order chi connectivity index (χ1) is 16.9. The molecule has 14 heteroatoms. The second kappa shape index (κ2) is 22.0. The Hall–Kier alpha value is -2.21. The number of urea groups is 1. The van der Waals surface area contributed by atoms with Crippen LogP contribution in [0.1, 0.15) is 39.5 Å². The van der Waals surface area contributed by atoms with Crippen molar-refractivity contribution in [3.63, 3.8) is 0 Å². The van der Waals surface area contributed by atoms with Gasteiger partial charge in [0.2, 0.25) is 5.65 Å². The number of hydrogen-bond donors (Lipinski definition) is 4. The van der Waals surface area contributed by atoms with E-state index in [4.69, 9.17) is 15.6 Å². The molecule has 0 aromatic rings. The number of aliphatic carboxylic acids is 1. The molecular formula is C22H41N4O8PS. The third-order valence-corrected chi connectivity index (χ3v) is 6.04. The van der Waals surface area contributed by atoms with Crippen molar-refractivity contribution in [1.82, 2.24) is 10.2 Å². The number of nitrogens with zero attached hydrogens (tertiary/aromatic N) is 1.